The number of hydrogen-bond acceptors (Lipinski definition) is 5. The Bertz CT molecular complexity index is 874. The average molecular weight is 374 g/mol. The summed E-state index contributed by atoms with van der Waals surface area (Å²) >= 11 is 1.19. The average Bonchev–Trinajstić information content (AvgIpc) is 2.67. The van der Waals surface area contributed by atoms with Gasteiger partial charge in [-0.1, -0.05) is 43.2 Å². The Morgan fingerprint density at radius 3 is 2.69 bits per heavy atom. The SMILES string of the molecule is CNC(=O)NC(=O)CSc1nc2ccccc2c(=O)n1C1CCCCC1. The minimum absolute atomic E-state index is 0.0188. The van der Waals surface area contributed by atoms with Gasteiger partial charge in [0.15, 0.2) is 5.16 Å². The largest absolute Gasteiger partial charge is 0.341 e. The van der Waals surface area contributed by atoms with Crippen LogP contribution in [-0.4, -0.2) is 34.3 Å². The van der Waals surface area contributed by atoms with Crippen LogP contribution in [0.15, 0.2) is 34.2 Å². The number of nitrogens with one attached hydrogen (secondary N) is 2. The van der Waals surface area contributed by atoms with Gasteiger partial charge in [0.1, 0.15) is 0 Å². The summed E-state index contributed by atoms with van der Waals surface area (Å²) in [5.41, 5.74) is 0.565. The van der Waals surface area contributed by atoms with Crippen molar-refractivity contribution in [3.8, 4) is 0 Å². The summed E-state index contributed by atoms with van der Waals surface area (Å²) < 4.78 is 1.75. The molecule has 0 unspecified atom stereocenters. The normalized spacial score (nSPS) is 15.0. The molecular weight excluding hydrogens is 352 g/mol. The highest BCUT2D eigenvalue weighted by Crippen LogP contribution is 2.30. The number of imide groups is 1. The molecule has 1 saturated carbocycles. The number of nitrogens with zero attached hydrogens (tertiary/aromatic N) is 2. The van der Waals surface area contributed by atoms with Gasteiger partial charge in [-0.3, -0.25) is 19.5 Å². The molecule has 0 spiro atoms. The second-order valence-electron chi connectivity index (χ2n) is 6.29. The molecule has 3 amide bonds. The molecule has 1 aromatic carbocycles. The molecule has 8 heteroatoms. The third-order valence-corrected chi connectivity index (χ3v) is 5.48. The minimum atomic E-state index is -0.549. The number of rotatable bonds is 4. The first kappa shape index (κ1) is 18.4. The molecule has 1 aliphatic carbocycles. The highest BCUT2D eigenvalue weighted by Gasteiger charge is 2.22. The Labute approximate surface area is 155 Å². The van der Waals surface area contributed by atoms with Gasteiger partial charge in [0.25, 0.3) is 5.56 Å². The van der Waals surface area contributed by atoms with Crippen LogP contribution < -0.4 is 16.2 Å². The predicted octanol–water partition coefficient (Wildman–Crippen LogP) is 2.45. The van der Waals surface area contributed by atoms with Crippen molar-refractivity contribution in [2.45, 2.75) is 43.3 Å². The maximum absolute atomic E-state index is 13.1. The van der Waals surface area contributed by atoms with Crippen LogP contribution in [-0.2, 0) is 4.79 Å². The quantitative estimate of drug-likeness (QED) is 0.633. The molecular formula is C18H22N4O3S. The molecule has 3 rings (SSSR count). The van der Waals surface area contributed by atoms with Crippen LogP contribution in [0.3, 0.4) is 0 Å². The third-order valence-electron chi connectivity index (χ3n) is 4.53. The van der Waals surface area contributed by atoms with E-state index in [-0.39, 0.29) is 17.4 Å². The number of amides is 3. The smallest absolute Gasteiger partial charge is 0.321 e. The van der Waals surface area contributed by atoms with Crippen molar-refractivity contribution in [2.24, 2.45) is 0 Å². The summed E-state index contributed by atoms with van der Waals surface area (Å²) in [7, 11) is 1.45. The number of benzene rings is 1. The van der Waals surface area contributed by atoms with Gasteiger partial charge in [-0.05, 0) is 25.0 Å². The Hall–Kier alpha value is -2.35. The van der Waals surface area contributed by atoms with Gasteiger partial charge in [0.05, 0.1) is 16.7 Å². The summed E-state index contributed by atoms with van der Waals surface area (Å²) in [4.78, 5) is 40.9. The van der Waals surface area contributed by atoms with E-state index >= 15 is 0 Å². The fourth-order valence-corrected chi connectivity index (χ4v) is 4.11. The van der Waals surface area contributed by atoms with Crippen molar-refractivity contribution in [3.05, 3.63) is 34.6 Å². The number of carbonyl (C=O) groups excluding carboxylic acids is 2. The Kier molecular flexibility index (Phi) is 5.92. The molecule has 2 aromatic rings. The molecule has 1 aliphatic rings. The van der Waals surface area contributed by atoms with Crippen molar-refractivity contribution in [1.29, 1.82) is 0 Å². The van der Waals surface area contributed by atoms with Gasteiger partial charge in [-0.25, -0.2) is 9.78 Å². The number of aromatic nitrogens is 2. The van der Waals surface area contributed by atoms with Gasteiger partial charge in [0, 0.05) is 13.1 Å². The van der Waals surface area contributed by atoms with Crippen molar-refractivity contribution >= 4 is 34.6 Å². The zero-order chi connectivity index (χ0) is 18.5. The maximum Gasteiger partial charge on any atom is 0.321 e. The maximum atomic E-state index is 13.1. The van der Waals surface area contributed by atoms with E-state index in [4.69, 9.17) is 0 Å². The summed E-state index contributed by atoms with van der Waals surface area (Å²) in [6.07, 6.45) is 5.25. The summed E-state index contributed by atoms with van der Waals surface area (Å²) in [5.74, 6) is -0.405. The molecule has 0 atom stereocenters. The highest BCUT2D eigenvalue weighted by molar-refractivity contribution is 7.99. The first-order chi connectivity index (χ1) is 12.6. The van der Waals surface area contributed by atoms with Gasteiger partial charge < -0.3 is 5.32 Å². The predicted molar refractivity (Wildman–Crippen MR) is 101 cm³/mol. The van der Waals surface area contributed by atoms with E-state index in [2.05, 4.69) is 15.6 Å². The van der Waals surface area contributed by atoms with Crippen LogP contribution in [0.1, 0.15) is 38.1 Å². The lowest BCUT2D eigenvalue weighted by atomic mass is 9.95. The Morgan fingerprint density at radius 1 is 1.23 bits per heavy atom. The molecule has 26 heavy (non-hydrogen) atoms. The van der Waals surface area contributed by atoms with Gasteiger partial charge >= 0.3 is 6.03 Å². The van der Waals surface area contributed by atoms with Crippen molar-refractivity contribution in [2.75, 3.05) is 12.8 Å². The van der Waals surface area contributed by atoms with Crippen LogP contribution in [0, 0.1) is 0 Å². The molecule has 0 radical (unpaired) electrons. The van der Waals surface area contributed by atoms with Gasteiger partial charge in [-0.2, -0.15) is 0 Å². The van der Waals surface area contributed by atoms with E-state index in [1.54, 1.807) is 16.7 Å². The van der Waals surface area contributed by atoms with E-state index in [0.29, 0.717) is 16.1 Å². The van der Waals surface area contributed by atoms with Crippen molar-refractivity contribution in [1.82, 2.24) is 20.2 Å². The number of carbonyl (C=O) groups is 2. The molecule has 0 bridgehead atoms. The zero-order valence-electron chi connectivity index (χ0n) is 14.7. The van der Waals surface area contributed by atoms with Crippen LogP contribution in [0.5, 0.6) is 0 Å². The van der Waals surface area contributed by atoms with Crippen molar-refractivity contribution < 1.29 is 9.59 Å². The first-order valence-electron chi connectivity index (χ1n) is 8.76. The first-order valence-corrected chi connectivity index (χ1v) is 9.74. The number of urea groups is 1. The fraction of sp³-hybridized carbons (Fsp3) is 0.444. The second kappa shape index (κ2) is 8.35. The zero-order valence-corrected chi connectivity index (χ0v) is 15.5. The number of hydrogen-bond donors (Lipinski definition) is 2. The highest BCUT2D eigenvalue weighted by atomic mass is 32.2. The minimum Gasteiger partial charge on any atom is -0.341 e. The molecule has 1 aromatic heterocycles. The summed E-state index contributed by atoms with van der Waals surface area (Å²) in [6.45, 7) is 0. The number of thioether (sulfide) groups is 1. The van der Waals surface area contributed by atoms with Crippen molar-refractivity contribution in [3.63, 3.8) is 0 Å². The molecule has 1 fully saturated rings. The van der Waals surface area contributed by atoms with Gasteiger partial charge in [-0.15, -0.1) is 0 Å². The monoisotopic (exact) mass is 374 g/mol. The van der Waals surface area contributed by atoms with Crippen LogP contribution in [0.2, 0.25) is 0 Å². The molecule has 7 nitrogen and oxygen atoms in total. The molecule has 0 saturated heterocycles. The Balaban J connectivity index is 1.92. The van der Waals surface area contributed by atoms with E-state index in [9.17, 15) is 14.4 Å². The van der Waals surface area contributed by atoms with Gasteiger partial charge in [0.2, 0.25) is 5.91 Å². The summed E-state index contributed by atoms with van der Waals surface area (Å²) in [6, 6.07) is 6.82. The lowest BCUT2D eigenvalue weighted by Gasteiger charge is -2.26. The van der Waals surface area contributed by atoms with E-state index in [1.165, 1.54) is 25.2 Å². The lowest BCUT2D eigenvalue weighted by Crippen LogP contribution is -2.38. The Morgan fingerprint density at radius 2 is 1.96 bits per heavy atom. The molecule has 0 aliphatic heterocycles. The summed E-state index contributed by atoms with van der Waals surface area (Å²) in [5, 5.41) is 5.69. The van der Waals surface area contributed by atoms with E-state index in [0.717, 1.165) is 25.7 Å². The lowest BCUT2D eigenvalue weighted by molar-refractivity contribution is -0.117. The molecule has 1 heterocycles. The molecule has 2 N–H and O–H groups in total. The van der Waals surface area contributed by atoms with E-state index < -0.39 is 11.9 Å². The van der Waals surface area contributed by atoms with E-state index in [1.807, 2.05) is 12.1 Å². The number of fused-ring (bicyclic) bond motifs is 1. The van der Waals surface area contributed by atoms with Crippen LogP contribution in [0.4, 0.5) is 4.79 Å². The molecule has 138 valence electrons. The van der Waals surface area contributed by atoms with Crippen LogP contribution in [0.25, 0.3) is 10.9 Å². The van der Waals surface area contributed by atoms with Crippen LogP contribution >= 0.6 is 11.8 Å². The standard InChI is InChI=1S/C18H22N4O3S/c1-19-17(25)21-15(23)11-26-18-20-14-10-6-5-9-13(14)16(24)22(18)12-7-3-2-4-8-12/h5-6,9-10,12H,2-4,7-8,11H2,1H3,(H2,19,21,23,25). The second-order valence-corrected chi connectivity index (χ2v) is 7.24. The number of para-hydroxylation sites is 1. The fourth-order valence-electron chi connectivity index (χ4n) is 3.24. The topological polar surface area (TPSA) is 93.1 Å². The third kappa shape index (κ3) is 4.07.